The number of benzene rings is 2. The Morgan fingerprint density at radius 1 is 1.15 bits per heavy atom. The van der Waals surface area contributed by atoms with E-state index in [1.54, 1.807) is 42.5 Å². The van der Waals surface area contributed by atoms with E-state index in [0.29, 0.717) is 16.9 Å². The van der Waals surface area contributed by atoms with Gasteiger partial charge in [0.2, 0.25) is 10.0 Å². The van der Waals surface area contributed by atoms with Crippen LogP contribution in [0.1, 0.15) is 11.1 Å². The quantitative estimate of drug-likeness (QED) is 0.793. The molecule has 0 aromatic heterocycles. The molecule has 0 heterocycles. The second-order valence-corrected chi connectivity index (χ2v) is 7.69. The number of hydrogen-bond acceptors (Lipinski definition) is 5. The number of carbonyl (C=O) groups is 1. The molecule has 0 aliphatic carbocycles. The molecule has 1 amide bonds. The highest BCUT2D eigenvalue weighted by molar-refractivity contribution is 7.89. The Labute approximate surface area is 152 Å². The number of ether oxygens (including phenoxy) is 1. The maximum absolute atomic E-state index is 12.3. The van der Waals surface area contributed by atoms with Crippen molar-refractivity contribution in [1.82, 2.24) is 9.62 Å². The number of amides is 1. The van der Waals surface area contributed by atoms with Gasteiger partial charge in [0, 0.05) is 20.6 Å². The molecule has 7 nitrogen and oxygen atoms in total. The summed E-state index contributed by atoms with van der Waals surface area (Å²) >= 11 is 0. The summed E-state index contributed by atoms with van der Waals surface area (Å²) in [5.41, 5.74) is 0.815. The second-order valence-electron chi connectivity index (χ2n) is 5.57. The summed E-state index contributed by atoms with van der Waals surface area (Å²) in [5, 5.41) is 11.6. The van der Waals surface area contributed by atoms with Gasteiger partial charge in [-0.2, -0.15) is 5.26 Å². The summed E-state index contributed by atoms with van der Waals surface area (Å²) in [6.45, 7) is -0.230. The highest BCUT2D eigenvalue weighted by Crippen LogP contribution is 2.18. The number of hydrogen-bond donors (Lipinski definition) is 1. The van der Waals surface area contributed by atoms with E-state index in [9.17, 15) is 13.2 Å². The van der Waals surface area contributed by atoms with Gasteiger partial charge in [-0.3, -0.25) is 4.79 Å². The smallest absolute Gasteiger partial charge is 0.258 e. The molecule has 0 unspecified atom stereocenters. The number of nitrogens with one attached hydrogen (secondary N) is 1. The number of nitrogens with zero attached hydrogens (tertiary/aromatic N) is 2. The third kappa shape index (κ3) is 4.59. The molecular formula is C18H19N3O4S. The van der Waals surface area contributed by atoms with Crippen molar-refractivity contribution in [2.45, 2.75) is 11.4 Å². The van der Waals surface area contributed by atoms with Crippen LogP contribution >= 0.6 is 0 Å². The molecular weight excluding hydrogens is 354 g/mol. The summed E-state index contributed by atoms with van der Waals surface area (Å²) in [7, 11) is -0.706. The van der Waals surface area contributed by atoms with Crippen LogP contribution in [-0.2, 0) is 21.4 Å². The van der Waals surface area contributed by atoms with E-state index in [1.165, 1.54) is 20.2 Å². The van der Waals surface area contributed by atoms with E-state index < -0.39 is 15.9 Å². The first-order valence-electron chi connectivity index (χ1n) is 7.75. The van der Waals surface area contributed by atoms with Crippen LogP contribution in [0.25, 0.3) is 0 Å². The van der Waals surface area contributed by atoms with E-state index in [2.05, 4.69) is 5.32 Å². The van der Waals surface area contributed by atoms with E-state index in [-0.39, 0.29) is 18.0 Å². The van der Waals surface area contributed by atoms with Crippen molar-refractivity contribution in [2.75, 3.05) is 20.7 Å². The standard InChI is InChI=1S/C18H19N3O4S/c1-21(2)26(23,24)17-10-6-4-8-15(17)12-20-18(22)13-25-16-9-5-3-7-14(16)11-19/h3-10H,12-13H2,1-2H3,(H,20,22). The Bertz CT molecular complexity index is 933. The molecule has 0 aliphatic heterocycles. The van der Waals surface area contributed by atoms with Gasteiger partial charge in [0.15, 0.2) is 6.61 Å². The van der Waals surface area contributed by atoms with Gasteiger partial charge in [-0.1, -0.05) is 30.3 Å². The lowest BCUT2D eigenvalue weighted by atomic mass is 10.2. The normalized spacial score (nSPS) is 11.0. The molecule has 0 saturated heterocycles. The molecule has 8 heteroatoms. The summed E-state index contributed by atoms with van der Waals surface area (Å²) in [5.74, 6) is -0.101. The van der Waals surface area contributed by atoms with E-state index in [0.717, 1.165) is 4.31 Å². The number of para-hydroxylation sites is 1. The van der Waals surface area contributed by atoms with Crippen LogP contribution in [0.15, 0.2) is 53.4 Å². The minimum absolute atomic E-state index is 0.0470. The van der Waals surface area contributed by atoms with Gasteiger partial charge in [-0.25, -0.2) is 12.7 Å². The van der Waals surface area contributed by atoms with Crippen molar-refractivity contribution in [1.29, 1.82) is 5.26 Å². The molecule has 0 radical (unpaired) electrons. The lowest BCUT2D eigenvalue weighted by molar-refractivity contribution is -0.123. The molecule has 0 aliphatic rings. The molecule has 0 saturated carbocycles. The Kier molecular flexibility index (Phi) is 6.33. The molecule has 2 rings (SSSR count). The molecule has 1 N–H and O–H groups in total. The van der Waals surface area contributed by atoms with Gasteiger partial charge in [-0.05, 0) is 23.8 Å². The Hall–Kier alpha value is -2.89. The van der Waals surface area contributed by atoms with E-state index in [1.807, 2.05) is 6.07 Å². The number of carbonyl (C=O) groups excluding carboxylic acids is 1. The molecule has 0 spiro atoms. The van der Waals surface area contributed by atoms with Crippen LogP contribution in [0.2, 0.25) is 0 Å². The minimum Gasteiger partial charge on any atom is -0.482 e. The first-order valence-corrected chi connectivity index (χ1v) is 9.19. The topological polar surface area (TPSA) is 99.5 Å². The van der Waals surface area contributed by atoms with Gasteiger partial charge >= 0.3 is 0 Å². The van der Waals surface area contributed by atoms with Crippen molar-refractivity contribution in [3.8, 4) is 11.8 Å². The Morgan fingerprint density at radius 2 is 1.81 bits per heavy atom. The predicted octanol–water partition coefficient (Wildman–Crippen LogP) is 1.50. The van der Waals surface area contributed by atoms with Gasteiger partial charge < -0.3 is 10.1 Å². The van der Waals surface area contributed by atoms with Crippen molar-refractivity contribution in [3.05, 3.63) is 59.7 Å². The van der Waals surface area contributed by atoms with Crippen LogP contribution in [0, 0.1) is 11.3 Å². The molecule has 0 bridgehead atoms. The number of sulfonamides is 1. The van der Waals surface area contributed by atoms with Crippen LogP contribution in [0.4, 0.5) is 0 Å². The third-order valence-corrected chi connectivity index (χ3v) is 5.49. The monoisotopic (exact) mass is 373 g/mol. The zero-order chi connectivity index (χ0) is 19.2. The first-order chi connectivity index (χ1) is 12.4. The summed E-state index contributed by atoms with van der Waals surface area (Å²) in [6, 6.07) is 15.1. The number of nitriles is 1. The van der Waals surface area contributed by atoms with Crippen molar-refractivity contribution < 1.29 is 17.9 Å². The molecule has 136 valence electrons. The summed E-state index contributed by atoms with van der Waals surface area (Å²) < 4.78 is 31.1. The molecule has 2 aromatic carbocycles. The van der Waals surface area contributed by atoms with Gasteiger partial charge in [-0.15, -0.1) is 0 Å². The molecule has 2 aromatic rings. The summed E-state index contributed by atoms with van der Waals surface area (Å²) in [4.78, 5) is 12.1. The van der Waals surface area contributed by atoms with Gasteiger partial charge in [0.1, 0.15) is 11.8 Å². The zero-order valence-corrected chi connectivity index (χ0v) is 15.3. The molecule has 0 fully saturated rings. The van der Waals surface area contributed by atoms with Crippen molar-refractivity contribution in [3.63, 3.8) is 0 Å². The van der Waals surface area contributed by atoms with Gasteiger partial charge in [0.25, 0.3) is 5.91 Å². The van der Waals surface area contributed by atoms with Crippen LogP contribution in [0.5, 0.6) is 5.75 Å². The minimum atomic E-state index is -3.60. The molecule has 0 atom stereocenters. The van der Waals surface area contributed by atoms with E-state index >= 15 is 0 Å². The lowest BCUT2D eigenvalue weighted by Crippen LogP contribution is -2.30. The zero-order valence-electron chi connectivity index (χ0n) is 14.5. The van der Waals surface area contributed by atoms with Gasteiger partial charge in [0.05, 0.1) is 10.5 Å². The second kappa shape index (κ2) is 8.47. The lowest BCUT2D eigenvalue weighted by Gasteiger charge is -2.15. The fourth-order valence-electron chi connectivity index (χ4n) is 2.17. The first kappa shape index (κ1) is 19.4. The van der Waals surface area contributed by atoms with Crippen molar-refractivity contribution >= 4 is 15.9 Å². The highest BCUT2D eigenvalue weighted by atomic mass is 32.2. The average Bonchev–Trinajstić information content (AvgIpc) is 2.64. The molecule has 26 heavy (non-hydrogen) atoms. The number of rotatable bonds is 7. The highest BCUT2D eigenvalue weighted by Gasteiger charge is 2.20. The predicted molar refractivity (Wildman–Crippen MR) is 95.8 cm³/mol. The van der Waals surface area contributed by atoms with Crippen molar-refractivity contribution in [2.24, 2.45) is 0 Å². The summed E-state index contributed by atoms with van der Waals surface area (Å²) in [6.07, 6.45) is 0. The maximum Gasteiger partial charge on any atom is 0.258 e. The van der Waals surface area contributed by atoms with E-state index in [4.69, 9.17) is 10.00 Å². The van der Waals surface area contributed by atoms with Crippen LogP contribution in [-0.4, -0.2) is 39.3 Å². The largest absolute Gasteiger partial charge is 0.482 e. The fourth-order valence-corrected chi connectivity index (χ4v) is 3.29. The fraction of sp³-hybridized carbons (Fsp3) is 0.222. The Morgan fingerprint density at radius 3 is 2.50 bits per heavy atom. The van der Waals surface area contributed by atoms with Crippen LogP contribution < -0.4 is 10.1 Å². The average molecular weight is 373 g/mol. The SMILES string of the molecule is CN(C)S(=O)(=O)c1ccccc1CNC(=O)COc1ccccc1C#N. The Balaban J connectivity index is 2.02. The van der Waals surface area contributed by atoms with Crippen LogP contribution in [0.3, 0.4) is 0 Å². The third-order valence-electron chi connectivity index (χ3n) is 3.57. The maximum atomic E-state index is 12.3.